The van der Waals surface area contributed by atoms with Crippen LogP contribution in [0.2, 0.25) is 0 Å². The van der Waals surface area contributed by atoms with Gasteiger partial charge in [-0.1, -0.05) is 6.07 Å². The molecule has 3 rings (SSSR count). The zero-order chi connectivity index (χ0) is 13.6. The van der Waals surface area contributed by atoms with E-state index in [9.17, 15) is 9.59 Å². The van der Waals surface area contributed by atoms with E-state index in [1.807, 2.05) is 6.07 Å². The molecule has 2 aromatic rings. The lowest BCUT2D eigenvalue weighted by molar-refractivity contribution is 0.0640. The third-order valence-electron chi connectivity index (χ3n) is 3.04. The van der Waals surface area contributed by atoms with Gasteiger partial charge in [0.2, 0.25) is 0 Å². The lowest BCUT2D eigenvalue weighted by atomic mass is 10.1. The van der Waals surface area contributed by atoms with Crippen molar-refractivity contribution in [2.45, 2.75) is 6.54 Å². The van der Waals surface area contributed by atoms with Crippen LogP contribution in [0.4, 0.5) is 0 Å². The number of nitrogens with zero attached hydrogens (tertiary/aromatic N) is 3. The quantitative estimate of drug-likeness (QED) is 0.601. The molecule has 1 aliphatic rings. The van der Waals surface area contributed by atoms with Crippen LogP contribution in [0.5, 0.6) is 0 Å². The van der Waals surface area contributed by atoms with Crippen molar-refractivity contribution < 1.29 is 9.59 Å². The van der Waals surface area contributed by atoms with Crippen LogP contribution in [0.3, 0.4) is 0 Å². The highest BCUT2D eigenvalue weighted by Crippen LogP contribution is 2.27. The first-order valence-electron chi connectivity index (χ1n) is 5.71. The summed E-state index contributed by atoms with van der Waals surface area (Å²) in [5, 5.41) is 4.20. The van der Waals surface area contributed by atoms with Crippen molar-refractivity contribution in [1.82, 2.24) is 14.7 Å². The summed E-state index contributed by atoms with van der Waals surface area (Å²) in [4.78, 5) is 25.8. The molecule has 0 N–H and O–H groups in total. The summed E-state index contributed by atoms with van der Waals surface area (Å²) in [7, 11) is 1.80. The van der Waals surface area contributed by atoms with Gasteiger partial charge in [0, 0.05) is 16.8 Å². The predicted molar refractivity (Wildman–Crippen MR) is 76.6 cm³/mol. The molecular weight excluding hydrogens is 357 g/mol. The van der Waals surface area contributed by atoms with E-state index in [0.717, 1.165) is 3.57 Å². The Hall–Kier alpha value is -1.70. The molecular formula is C13H10IN3O2. The molecule has 0 unspecified atom stereocenters. The van der Waals surface area contributed by atoms with E-state index >= 15 is 0 Å². The van der Waals surface area contributed by atoms with Gasteiger partial charge in [0.05, 0.1) is 23.4 Å². The van der Waals surface area contributed by atoms with E-state index in [4.69, 9.17) is 0 Å². The van der Waals surface area contributed by atoms with Gasteiger partial charge in [0.25, 0.3) is 11.8 Å². The third kappa shape index (κ3) is 1.95. The van der Waals surface area contributed by atoms with Crippen LogP contribution >= 0.6 is 22.6 Å². The van der Waals surface area contributed by atoms with Gasteiger partial charge in [0.1, 0.15) is 0 Å². The zero-order valence-electron chi connectivity index (χ0n) is 10.1. The number of hydrogen-bond acceptors (Lipinski definition) is 3. The monoisotopic (exact) mass is 367 g/mol. The van der Waals surface area contributed by atoms with Crippen molar-refractivity contribution in [2.75, 3.05) is 0 Å². The molecule has 0 saturated carbocycles. The van der Waals surface area contributed by atoms with E-state index in [-0.39, 0.29) is 18.4 Å². The van der Waals surface area contributed by atoms with E-state index < -0.39 is 0 Å². The summed E-state index contributed by atoms with van der Waals surface area (Å²) in [5.74, 6) is -0.486. The molecule has 2 amide bonds. The summed E-state index contributed by atoms with van der Waals surface area (Å²) in [6.45, 7) is 0.212. The van der Waals surface area contributed by atoms with Gasteiger partial charge in [-0.2, -0.15) is 5.10 Å². The molecule has 1 aromatic heterocycles. The molecule has 5 nitrogen and oxygen atoms in total. The molecule has 0 spiro atoms. The molecule has 6 heteroatoms. The summed E-state index contributed by atoms with van der Waals surface area (Å²) in [5.41, 5.74) is 1.68. The van der Waals surface area contributed by atoms with Crippen LogP contribution in [-0.4, -0.2) is 26.5 Å². The number of halogens is 1. The summed E-state index contributed by atoms with van der Waals surface area (Å²) in [6, 6.07) is 7.11. The largest absolute Gasteiger partial charge is 0.275 e. The van der Waals surface area contributed by atoms with Crippen molar-refractivity contribution in [3.05, 3.63) is 50.9 Å². The molecule has 0 bridgehead atoms. The number of hydrogen-bond donors (Lipinski definition) is 0. The smallest absolute Gasteiger partial charge is 0.262 e. The maximum atomic E-state index is 12.3. The van der Waals surface area contributed by atoms with Gasteiger partial charge < -0.3 is 0 Å². The minimum absolute atomic E-state index is 0.212. The maximum absolute atomic E-state index is 12.3. The van der Waals surface area contributed by atoms with Gasteiger partial charge in [0.15, 0.2) is 0 Å². The van der Waals surface area contributed by atoms with Crippen molar-refractivity contribution >= 4 is 34.4 Å². The van der Waals surface area contributed by atoms with Crippen LogP contribution in [0.25, 0.3) is 0 Å². The Morgan fingerprint density at radius 2 is 2.00 bits per heavy atom. The second-order valence-electron chi connectivity index (χ2n) is 4.34. The van der Waals surface area contributed by atoms with Crippen LogP contribution in [0.1, 0.15) is 26.4 Å². The zero-order valence-corrected chi connectivity index (χ0v) is 12.3. The van der Waals surface area contributed by atoms with E-state index in [0.29, 0.717) is 16.8 Å². The van der Waals surface area contributed by atoms with E-state index in [1.165, 1.54) is 4.90 Å². The van der Waals surface area contributed by atoms with Crippen molar-refractivity contribution in [2.24, 2.45) is 7.05 Å². The minimum Gasteiger partial charge on any atom is -0.275 e. The number of amides is 2. The molecule has 1 aromatic carbocycles. The van der Waals surface area contributed by atoms with Crippen LogP contribution in [-0.2, 0) is 13.6 Å². The molecule has 0 fully saturated rings. The number of benzene rings is 1. The Kier molecular flexibility index (Phi) is 2.89. The molecule has 0 radical (unpaired) electrons. The first-order valence-corrected chi connectivity index (χ1v) is 6.79. The average molecular weight is 367 g/mol. The molecule has 0 saturated heterocycles. The fourth-order valence-corrected chi connectivity index (χ4v) is 2.87. The SMILES string of the molecule is Cn1ccc(CN2C(=O)c3cccc(I)c3C2=O)n1. The predicted octanol–water partition coefficient (Wildman–Crippen LogP) is 1.82. The first kappa shape index (κ1) is 12.3. The van der Waals surface area contributed by atoms with Gasteiger partial charge in [-0.25, -0.2) is 0 Å². The van der Waals surface area contributed by atoms with Gasteiger partial charge >= 0.3 is 0 Å². The van der Waals surface area contributed by atoms with E-state index in [2.05, 4.69) is 27.7 Å². The number of imide groups is 1. The Labute approximate surface area is 123 Å². The highest BCUT2D eigenvalue weighted by molar-refractivity contribution is 14.1. The number of rotatable bonds is 2. The van der Waals surface area contributed by atoms with Gasteiger partial charge in [-0.3, -0.25) is 19.2 Å². The molecule has 2 heterocycles. The van der Waals surface area contributed by atoms with Gasteiger partial charge in [-0.05, 0) is 40.8 Å². The Morgan fingerprint density at radius 1 is 1.21 bits per heavy atom. The Bertz CT molecular complexity index is 693. The summed E-state index contributed by atoms with van der Waals surface area (Å²) in [6.07, 6.45) is 1.79. The number of fused-ring (bicyclic) bond motifs is 1. The average Bonchev–Trinajstić information content (AvgIpc) is 2.88. The second kappa shape index (κ2) is 4.44. The topological polar surface area (TPSA) is 55.2 Å². The Morgan fingerprint density at radius 3 is 2.63 bits per heavy atom. The molecule has 19 heavy (non-hydrogen) atoms. The van der Waals surface area contributed by atoms with Crippen LogP contribution in [0.15, 0.2) is 30.5 Å². The first-order chi connectivity index (χ1) is 9.08. The fraction of sp³-hybridized carbons (Fsp3) is 0.154. The van der Waals surface area contributed by atoms with Crippen LogP contribution in [0, 0.1) is 3.57 Å². The number of carbonyl (C=O) groups is 2. The molecule has 1 aliphatic heterocycles. The second-order valence-corrected chi connectivity index (χ2v) is 5.50. The molecule has 96 valence electrons. The van der Waals surface area contributed by atoms with Crippen molar-refractivity contribution in [3.63, 3.8) is 0 Å². The van der Waals surface area contributed by atoms with Crippen LogP contribution < -0.4 is 0 Å². The fourth-order valence-electron chi connectivity index (χ4n) is 2.15. The maximum Gasteiger partial charge on any atom is 0.262 e. The summed E-state index contributed by atoms with van der Waals surface area (Å²) >= 11 is 2.08. The third-order valence-corrected chi connectivity index (χ3v) is 3.94. The number of carbonyl (C=O) groups excluding carboxylic acids is 2. The highest BCUT2D eigenvalue weighted by Gasteiger charge is 2.37. The van der Waals surface area contributed by atoms with E-state index in [1.54, 1.807) is 36.1 Å². The molecule has 0 atom stereocenters. The minimum atomic E-state index is -0.246. The summed E-state index contributed by atoms with van der Waals surface area (Å²) < 4.78 is 2.45. The normalized spacial score (nSPS) is 14.1. The molecule has 0 aliphatic carbocycles. The lowest BCUT2D eigenvalue weighted by Gasteiger charge is -2.11. The number of aryl methyl sites for hydroxylation is 1. The number of aromatic nitrogens is 2. The Balaban J connectivity index is 1.97. The highest BCUT2D eigenvalue weighted by atomic mass is 127. The lowest BCUT2D eigenvalue weighted by Crippen LogP contribution is -2.29. The van der Waals surface area contributed by atoms with Crippen molar-refractivity contribution in [1.29, 1.82) is 0 Å². The standard InChI is InChI=1S/C13H10IN3O2/c1-16-6-5-8(15-16)7-17-12(18)9-3-2-4-10(14)11(9)13(17)19/h2-6H,7H2,1H3. The van der Waals surface area contributed by atoms with Crippen molar-refractivity contribution in [3.8, 4) is 0 Å². The van der Waals surface area contributed by atoms with Gasteiger partial charge in [-0.15, -0.1) is 0 Å².